The highest BCUT2D eigenvalue weighted by Crippen LogP contribution is 2.36. The van der Waals surface area contributed by atoms with Crippen LogP contribution in [0.2, 0.25) is 0 Å². The molecule has 5 nitrogen and oxygen atoms in total. The molecule has 8 heteroatoms. The van der Waals surface area contributed by atoms with Crippen LogP contribution in [0.4, 0.5) is 0 Å². The maximum atomic E-state index is 12.4. The van der Waals surface area contributed by atoms with Gasteiger partial charge in [0.25, 0.3) is 0 Å². The van der Waals surface area contributed by atoms with Crippen LogP contribution in [0.25, 0.3) is 10.2 Å². The number of aromatic nitrogens is 1. The minimum Gasteiger partial charge on any atom is -0.383 e. The van der Waals surface area contributed by atoms with Gasteiger partial charge in [0.05, 0.1) is 22.9 Å². The third kappa shape index (κ3) is 4.14. The molecule has 2 atom stereocenters. The van der Waals surface area contributed by atoms with E-state index in [9.17, 15) is 4.79 Å². The van der Waals surface area contributed by atoms with Gasteiger partial charge in [-0.2, -0.15) is 0 Å². The molecule has 1 aliphatic rings. The van der Waals surface area contributed by atoms with Gasteiger partial charge in [-0.1, -0.05) is 12.1 Å². The zero-order valence-corrected chi connectivity index (χ0v) is 15.3. The van der Waals surface area contributed by atoms with Crippen LogP contribution in [-0.4, -0.2) is 42.1 Å². The molecule has 0 bridgehead atoms. The van der Waals surface area contributed by atoms with Crippen LogP contribution in [0.5, 0.6) is 0 Å². The van der Waals surface area contributed by atoms with Crippen molar-refractivity contribution in [1.82, 2.24) is 9.88 Å². The van der Waals surface area contributed by atoms with E-state index < -0.39 is 6.04 Å². The van der Waals surface area contributed by atoms with Crippen LogP contribution < -0.4 is 5.73 Å². The summed E-state index contributed by atoms with van der Waals surface area (Å²) in [7, 11) is 1.56. The topological polar surface area (TPSA) is 68.5 Å². The Morgan fingerprint density at radius 3 is 2.91 bits per heavy atom. The van der Waals surface area contributed by atoms with E-state index in [1.54, 1.807) is 18.4 Å². The second-order valence-electron chi connectivity index (χ2n) is 5.27. The summed E-state index contributed by atoms with van der Waals surface area (Å²) < 4.78 is 6.15. The number of nitrogens with two attached hydrogens (primary N) is 1. The smallest absolute Gasteiger partial charge is 0.242 e. The van der Waals surface area contributed by atoms with Crippen molar-refractivity contribution < 1.29 is 9.53 Å². The Kier molecular flexibility index (Phi) is 7.70. The summed E-state index contributed by atoms with van der Waals surface area (Å²) in [6.07, 6.45) is 1.94. The molecule has 128 valence electrons. The summed E-state index contributed by atoms with van der Waals surface area (Å²) in [5.41, 5.74) is 6.89. The highest BCUT2D eigenvalue weighted by Gasteiger charge is 2.34. The minimum atomic E-state index is -0.593. The Bertz CT molecular complexity index is 619. The first kappa shape index (κ1) is 20.1. The number of fused-ring (bicyclic) bond motifs is 1. The first-order valence-corrected chi connectivity index (χ1v) is 7.93. The average Bonchev–Trinajstić information content (AvgIpc) is 3.12. The zero-order valence-electron chi connectivity index (χ0n) is 12.8. The number of methoxy groups -OCH3 is 1. The number of nitrogens with zero attached hydrogens (tertiary/aromatic N) is 2. The standard InChI is InChI=1S/C15H19N3O2S.2ClH/c1-20-9-10(16)15(19)18-8-4-6-12(18)14-17-11-5-2-3-7-13(11)21-14;;/h2-3,5,7,10,12H,4,6,8-9,16H2,1H3;2*1H. The number of carbonyl (C=O) groups is 1. The van der Waals surface area contributed by atoms with Crippen LogP contribution in [0.3, 0.4) is 0 Å². The Balaban J connectivity index is 0.00000132. The molecule has 0 saturated carbocycles. The quantitative estimate of drug-likeness (QED) is 0.889. The lowest BCUT2D eigenvalue weighted by Gasteiger charge is -2.25. The van der Waals surface area contributed by atoms with Gasteiger partial charge in [-0.05, 0) is 25.0 Å². The van der Waals surface area contributed by atoms with Gasteiger partial charge in [-0.3, -0.25) is 4.79 Å². The molecule has 2 unspecified atom stereocenters. The SMILES string of the molecule is COCC(N)C(=O)N1CCCC1c1nc2ccccc2s1.Cl.Cl. The molecule has 0 radical (unpaired) electrons. The van der Waals surface area contributed by atoms with Gasteiger partial charge >= 0.3 is 0 Å². The maximum Gasteiger partial charge on any atom is 0.242 e. The summed E-state index contributed by atoms with van der Waals surface area (Å²) in [6, 6.07) is 7.53. The van der Waals surface area contributed by atoms with E-state index in [4.69, 9.17) is 10.5 Å². The number of benzene rings is 1. The number of hydrogen-bond acceptors (Lipinski definition) is 5. The van der Waals surface area contributed by atoms with Gasteiger partial charge in [0.15, 0.2) is 0 Å². The lowest BCUT2D eigenvalue weighted by atomic mass is 10.2. The minimum absolute atomic E-state index is 0. The Labute approximate surface area is 152 Å². The number of amides is 1. The fourth-order valence-electron chi connectivity index (χ4n) is 2.78. The Morgan fingerprint density at radius 2 is 2.22 bits per heavy atom. The van der Waals surface area contributed by atoms with Gasteiger partial charge in [-0.25, -0.2) is 4.98 Å². The van der Waals surface area contributed by atoms with Gasteiger partial charge in [0.2, 0.25) is 5.91 Å². The van der Waals surface area contributed by atoms with Crippen LogP contribution in [0.15, 0.2) is 24.3 Å². The number of rotatable bonds is 4. The van der Waals surface area contributed by atoms with E-state index in [0.29, 0.717) is 0 Å². The van der Waals surface area contributed by atoms with E-state index in [-0.39, 0.29) is 43.4 Å². The second kappa shape index (κ2) is 8.80. The van der Waals surface area contributed by atoms with Crippen LogP contribution >= 0.6 is 36.2 Å². The molecule has 2 heterocycles. The molecular formula is C15H21Cl2N3O2S. The number of para-hydroxylation sites is 1. The molecular weight excluding hydrogens is 357 g/mol. The molecule has 0 aliphatic carbocycles. The molecule has 1 aromatic heterocycles. The van der Waals surface area contributed by atoms with Gasteiger partial charge < -0.3 is 15.4 Å². The van der Waals surface area contributed by atoms with Crippen molar-refractivity contribution in [2.45, 2.75) is 24.9 Å². The first-order valence-electron chi connectivity index (χ1n) is 7.11. The summed E-state index contributed by atoms with van der Waals surface area (Å²) in [6.45, 7) is 0.999. The highest BCUT2D eigenvalue weighted by atomic mass is 35.5. The molecule has 23 heavy (non-hydrogen) atoms. The Morgan fingerprint density at radius 1 is 1.48 bits per heavy atom. The highest BCUT2D eigenvalue weighted by molar-refractivity contribution is 7.18. The number of carbonyl (C=O) groups excluding carboxylic acids is 1. The van der Waals surface area contributed by atoms with Gasteiger partial charge in [-0.15, -0.1) is 36.2 Å². The maximum absolute atomic E-state index is 12.4. The van der Waals surface area contributed by atoms with Crippen LogP contribution in [-0.2, 0) is 9.53 Å². The number of likely N-dealkylation sites (tertiary alicyclic amines) is 1. The number of ether oxygens (including phenoxy) is 1. The largest absolute Gasteiger partial charge is 0.383 e. The number of halogens is 2. The Hall–Kier alpha value is -0.920. The van der Waals surface area contributed by atoms with Crippen LogP contribution in [0, 0.1) is 0 Å². The van der Waals surface area contributed by atoms with Crippen molar-refractivity contribution in [3.8, 4) is 0 Å². The molecule has 1 aromatic carbocycles. The lowest BCUT2D eigenvalue weighted by molar-refractivity contribution is -0.134. The fraction of sp³-hybridized carbons (Fsp3) is 0.467. The molecule has 3 rings (SSSR count). The summed E-state index contributed by atoms with van der Waals surface area (Å²) in [5, 5.41) is 1.01. The van der Waals surface area contributed by atoms with Gasteiger partial charge in [0, 0.05) is 13.7 Å². The predicted molar refractivity (Wildman–Crippen MR) is 97.7 cm³/mol. The normalized spacial score (nSPS) is 18.3. The summed E-state index contributed by atoms with van der Waals surface area (Å²) in [5.74, 6) is -0.0430. The van der Waals surface area contributed by atoms with Crippen molar-refractivity contribution in [2.75, 3.05) is 20.3 Å². The van der Waals surface area contributed by atoms with Crippen molar-refractivity contribution in [3.63, 3.8) is 0 Å². The van der Waals surface area contributed by atoms with E-state index in [1.165, 1.54) is 0 Å². The molecule has 1 fully saturated rings. The van der Waals surface area contributed by atoms with Crippen molar-refractivity contribution in [1.29, 1.82) is 0 Å². The zero-order chi connectivity index (χ0) is 14.8. The third-order valence-electron chi connectivity index (χ3n) is 3.79. The van der Waals surface area contributed by atoms with Crippen LogP contribution in [0.1, 0.15) is 23.9 Å². The van der Waals surface area contributed by atoms with Gasteiger partial charge in [0.1, 0.15) is 11.0 Å². The fourth-order valence-corrected chi connectivity index (χ4v) is 3.90. The number of hydrogen-bond donors (Lipinski definition) is 1. The number of thiazole rings is 1. The predicted octanol–water partition coefficient (Wildman–Crippen LogP) is 2.78. The van der Waals surface area contributed by atoms with Crippen molar-refractivity contribution >= 4 is 52.3 Å². The van der Waals surface area contributed by atoms with E-state index in [1.807, 2.05) is 23.1 Å². The first-order chi connectivity index (χ1) is 10.2. The van der Waals surface area contributed by atoms with E-state index in [2.05, 4.69) is 11.1 Å². The molecule has 1 amide bonds. The average molecular weight is 378 g/mol. The summed E-state index contributed by atoms with van der Waals surface area (Å²) >= 11 is 1.66. The molecule has 2 N–H and O–H groups in total. The third-order valence-corrected chi connectivity index (χ3v) is 4.93. The monoisotopic (exact) mass is 377 g/mol. The molecule has 1 aliphatic heterocycles. The van der Waals surface area contributed by atoms with Crippen molar-refractivity contribution in [3.05, 3.63) is 29.3 Å². The molecule has 1 saturated heterocycles. The molecule has 0 spiro atoms. The summed E-state index contributed by atoms with van der Waals surface area (Å²) in [4.78, 5) is 19.0. The lowest BCUT2D eigenvalue weighted by Crippen LogP contribution is -2.45. The van der Waals surface area contributed by atoms with E-state index >= 15 is 0 Å². The van der Waals surface area contributed by atoms with E-state index in [0.717, 1.165) is 34.6 Å². The van der Waals surface area contributed by atoms with Crippen molar-refractivity contribution in [2.24, 2.45) is 5.73 Å². The molecule has 2 aromatic rings. The second-order valence-corrected chi connectivity index (χ2v) is 6.33.